The monoisotopic (exact) mass is 334 g/mol. The molecule has 1 amide bonds. The molecule has 1 heterocycles. The van der Waals surface area contributed by atoms with Gasteiger partial charge in [-0.25, -0.2) is 0 Å². The largest absolute Gasteiger partial charge is 0.480 e. The predicted molar refractivity (Wildman–Crippen MR) is 91.5 cm³/mol. The highest BCUT2D eigenvalue weighted by molar-refractivity contribution is 7.80. The summed E-state index contributed by atoms with van der Waals surface area (Å²) in [4.78, 5) is 13.9. The second kappa shape index (κ2) is 7.30. The van der Waals surface area contributed by atoms with E-state index in [0.717, 1.165) is 6.42 Å². The third-order valence-corrected chi connectivity index (χ3v) is 3.55. The summed E-state index contributed by atoms with van der Waals surface area (Å²) in [5.74, 6) is 2.81. The van der Waals surface area contributed by atoms with Gasteiger partial charge in [-0.3, -0.25) is 9.69 Å². The Hall–Kier alpha value is -2.03. The maximum absolute atomic E-state index is 12.3. The molecule has 0 radical (unpaired) electrons. The average Bonchev–Trinajstić information content (AvgIpc) is 2.74. The van der Waals surface area contributed by atoms with Gasteiger partial charge in [0.2, 0.25) is 0 Å². The van der Waals surface area contributed by atoms with E-state index in [0.29, 0.717) is 33.7 Å². The minimum atomic E-state index is -0.158. The average molecular weight is 335 g/mol. The first-order valence-corrected chi connectivity index (χ1v) is 7.55. The Balaban J connectivity index is 2.33. The zero-order chi connectivity index (χ0) is 16.1. The number of ether oxygens (including phenoxy) is 1. The molecule has 0 bridgehead atoms. The fourth-order valence-corrected chi connectivity index (χ4v) is 2.50. The first-order chi connectivity index (χ1) is 10.6. The molecule has 1 aliphatic heterocycles. The molecule has 0 spiro atoms. The summed E-state index contributed by atoms with van der Waals surface area (Å²) in [6, 6.07) is 5.13. The van der Waals surface area contributed by atoms with Crippen LogP contribution < -0.4 is 10.1 Å². The second-order valence-corrected chi connectivity index (χ2v) is 5.44. The van der Waals surface area contributed by atoms with E-state index in [4.69, 9.17) is 35.0 Å². The lowest BCUT2D eigenvalue weighted by Gasteiger charge is -2.11. The van der Waals surface area contributed by atoms with E-state index >= 15 is 0 Å². The summed E-state index contributed by atoms with van der Waals surface area (Å²) in [5, 5.41) is 3.87. The van der Waals surface area contributed by atoms with Crippen LogP contribution in [0.25, 0.3) is 6.08 Å². The van der Waals surface area contributed by atoms with Gasteiger partial charge in [-0.05, 0) is 42.9 Å². The van der Waals surface area contributed by atoms with E-state index in [1.165, 1.54) is 4.90 Å². The van der Waals surface area contributed by atoms with Gasteiger partial charge in [0, 0.05) is 17.1 Å². The minimum Gasteiger partial charge on any atom is -0.480 e. The van der Waals surface area contributed by atoms with Crippen molar-refractivity contribution in [2.75, 3.05) is 13.2 Å². The first-order valence-electron chi connectivity index (χ1n) is 6.77. The Bertz CT molecular complexity index is 679. The molecule has 1 saturated heterocycles. The number of terminal acetylenes is 1. The molecular weight excluding hydrogens is 320 g/mol. The molecule has 0 aliphatic carbocycles. The zero-order valence-corrected chi connectivity index (χ0v) is 13.6. The van der Waals surface area contributed by atoms with Gasteiger partial charge >= 0.3 is 0 Å². The summed E-state index contributed by atoms with van der Waals surface area (Å²) in [6.45, 7) is 2.71. The fraction of sp³-hybridized carbons (Fsp3) is 0.250. The highest BCUT2D eigenvalue weighted by atomic mass is 35.5. The SMILES string of the molecule is C#CCOc1ccc(Cl)cc1/C=C1\NC(=S)N(CCC)C1=O. The Kier molecular flexibility index (Phi) is 5.42. The van der Waals surface area contributed by atoms with Crippen LogP contribution in [-0.2, 0) is 4.79 Å². The molecule has 1 aliphatic rings. The third kappa shape index (κ3) is 3.59. The van der Waals surface area contributed by atoms with E-state index in [2.05, 4.69) is 11.2 Å². The van der Waals surface area contributed by atoms with Crippen molar-refractivity contribution in [2.45, 2.75) is 13.3 Å². The molecule has 1 aromatic rings. The first kappa shape index (κ1) is 16.3. The lowest BCUT2D eigenvalue weighted by molar-refractivity contribution is -0.122. The van der Waals surface area contributed by atoms with Crippen LogP contribution in [0.5, 0.6) is 5.75 Å². The Morgan fingerprint density at radius 1 is 1.55 bits per heavy atom. The molecule has 6 heteroatoms. The van der Waals surface area contributed by atoms with Gasteiger partial charge in [-0.2, -0.15) is 0 Å². The van der Waals surface area contributed by atoms with E-state index in [1.807, 2.05) is 6.92 Å². The third-order valence-electron chi connectivity index (χ3n) is 2.99. The van der Waals surface area contributed by atoms with E-state index in [-0.39, 0.29) is 12.5 Å². The van der Waals surface area contributed by atoms with Crippen molar-refractivity contribution in [3.05, 3.63) is 34.5 Å². The summed E-state index contributed by atoms with van der Waals surface area (Å²) in [6.07, 6.45) is 7.70. The van der Waals surface area contributed by atoms with Crippen molar-refractivity contribution in [3.8, 4) is 18.1 Å². The van der Waals surface area contributed by atoms with E-state index in [1.54, 1.807) is 24.3 Å². The highest BCUT2D eigenvalue weighted by Crippen LogP contribution is 2.26. The summed E-state index contributed by atoms with van der Waals surface area (Å²) in [5.41, 5.74) is 1.06. The Labute approximate surface area is 140 Å². The fourth-order valence-electron chi connectivity index (χ4n) is 2.04. The molecule has 2 rings (SSSR count). The van der Waals surface area contributed by atoms with Crippen molar-refractivity contribution in [1.82, 2.24) is 10.2 Å². The predicted octanol–water partition coefficient (Wildman–Crippen LogP) is 2.82. The normalized spacial score (nSPS) is 15.9. The van der Waals surface area contributed by atoms with Crippen LogP contribution in [0.3, 0.4) is 0 Å². The summed E-state index contributed by atoms with van der Waals surface area (Å²) >= 11 is 11.2. The van der Waals surface area contributed by atoms with Crippen LogP contribution in [0, 0.1) is 12.3 Å². The van der Waals surface area contributed by atoms with Crippen LogP contribution in [0.2, 0.25) is 5.02 Å². The smallest absolute Gasteiger partial charge is 0.276 e. The lowest BCUT2D eigenvalue weighted by atomic mass is 10.1. The summed E-state index contributed by atoms with van der Waals surface area (Å²) in [7, 11) is 0. The second-order valence-electron chi connectivity index (χ2n) is 4.62. The number of thiocarbonyl (C=S) groups is 1. The molecule has 22 heavy (non-hydrogen) atoms. The number of halogens is 1. The van der Waals surface area contributed by atoms with Gasteiger partial charge in [-0.1, -0.05) is 24.4 Å². The number of carbonyl (C=O) groups is 1. The van der Waals surface area contributed by atoms with Gasteiger partial charge in [0.15, 0.2) is 5.11 Å². The molecular formula is C16H15ClN2O2S. The molecule has 0 atom stereocenters. The molecule has 1 fully saturated rings. The Morgan fingerprint density at radius 3 is 3.00 bits per heavy atom. The maximum Gasteiger partial charge on any atom is 0.276 e. The number of carbonyl (C=O) groups excluding carboxylic acids is 1. The van der Waals surface area contributed by atoms with Crippen molar-refractivity contribution in [3.63, 3.8) is 0 Å². The van der Waals surface area contributed by atoms with Crippen molar-refractivity contribution >= 4 is 40.9 Å². The maximum atomic E-state index is 12.3. The van der Waals surface area contributed by atoms with Crippen LogP contribution >= 0.6 is 23.8 Å². The number of nitrogens with one attached hydrogen (secondary N) is 1. The van der Waals surface area contributed by atoms with Crippen LogP contribution in [0.15, 0.2) is 23.9 Å². The number of rotatable bonds is 5. The zero-order valence-electron chi connectivity index (χ0n) is 12.1. The van der Waals surface area contributed by atoms with Crippen molar-refractivity contribution < 1.29 is 9.53 Å². The molecule has 1 aromatic carbocycles. The number of hydrogen-bond donors (Lipinski definition) is 1. The molecule has 1 N–H and O–H groups in total. The Morgan fingerprint density at radius 2 is 2.32 bits per heavy atom. The van der Waals surface area contributed by atoms with Crippen LogP contribution in [-0.4, -0.2) is 29.1 Å². The van der Waals surface area contributed by atoms with E-state index in [9.17, 15) is 4.79 Å². The van der Waals surface area contributed by atoms with Crippen molar-refractivity contribution in [2.24, 2.45) is 0 Å². The molecule has 4 nitrogen and oxygen atoms in total. The minimum absolute atomic E-state index is 0.138. The molecule has 0 aromatic heterocycles. The molecule has 0 saturated carbocycles. The quantitative estimate of drug-likeness (QED) is 0.511. The van der Waals surface area contributed by atoms with Crippen molar-refractivity contribution in [1.29, 1.82) is 0 Å². The van der Waals surface area contributed by atoms with Crippen LogP contribution in [0.1, 0.15) is 18.9 Å². The summed E-state index contributed by atoms with van der Waals surface area (Å²) < 4.78 is 5.46. The topological polar surface area (TPSA) is 41.6 Å². The number of nitrogens with zero attached hydrogens (tertiary/aromatic N) is 1. The lowest BCUT2D eigenvalue weighted by Crippen LogP contribution is -2.31. The van der Waals surface area contributed by atoms with Crippen LogP contribution in [0.4, 0.5) is 0 Å². The van der Waals surface area contributed by atoms with Gasteiger partial charge in [-0.15, -0.1) is 6.42 Å². The number of benzene rings is 1. The number of amides is 1. The van der Waals surface area contributed by atoms with E-state index < -0.39 is 0 Å². The van der Waals surface area contributed by atoms with Gasteiger partial charge < -0.3 is 10.1 Å². The van der Waals surface area contributed by atoms with Gasteiger partial charge in [0.1, 0.15) is 18.1 Å². The standard InChI is InChI=1S/C16H15ClN2O2S/c1-3-7-19-15(20)13(18-16(19)22)10-11-9-12(17)5-6-14(11)21-8-4-2/h2,5-6,9-10H,3,7-8H2,1H3,(H,18,22)/b13-10-. The molecule has 114 valence electrons. The van der Waals surface area contributed by atoms with Gasteiger partial charge in [0.05, 0.1) is 0 Å². The number of hydrogen-bond acceptors (Lipinski definition) is 3. The molecule has 0 unspecified atom stereocenters. The highest BCUT2D eigenvalue weighted by Gasteiger charge is 2.29. The van der Waals surface area contributed by atoms with Gasteiger partial charge in [0.25, 0.3) is 5.91 Å².